The molecule has 0 bridgehead atoms. The molecule has 0 saturated carbocycles. The van der Waals surface area contributed by atoms with Crippen molar-refractivity contribution in [3.05, 3.63) is 12.7 Å². The molecule has 23 heavy (non-hydrogen) atoms. The van der Waals surface area contributed by atoms with E-state index in [0.717, 1.165) is 0 Å². The van der Waals surface area contributed by atoms with Crippen molar-refractivity contribution in [2.45, 2.75) is 6.92 Å². The van der Waals surface area contributed by atoms with Crippen molar-refractivity contribution in [1.82, 2.24) is 0 Å². The number of ether oxygens (including phenoxy) is 5. The van der Waals surface area contributed by atoms with E-state index in [1.54, 1.807) is 6.08 Å². The average molecular weight is 334 g/mol. The van der Waals surface area contributed by atoms with Crippen LogP contribution in [0.25, 0.3) is 0 Å². The second kappa shape index (κ2) is 16.3. The third-order valence-corrected chi connectivity index (χ3v) is 2.86. The van der Waals surface area contributed by atoms with Gasteiger partial charge in [-0.15, -0.1) is 6.58 Å². The molecule has 4 N–H and O–H groups in total. The Balaban J connectivity index is 3.95. The van der Waals surface area contributed by atoms with Gasteiger partial charge < -0.3 is 35.2 Å². The summed E-state index contributed by atoms with van der Waals surface area (Å²) in [4.78, 5) is 0. The summed E-state index contributed by atoms with van der Waals surface area (Å²) >= 11 is 0. The lowest BCUT2D eigenvalue weighted by molar-refractivity contribution is -0.0703. The summed E-state index contributed by atoms with van der Waals surface area (Å²) in [5, 5.41) is 0. The van der Waals surface area contributed by atoms with Gasteiger partial charge >= 0.3 is 0 Å². The molecule has 0 rings (SSSR count). The fourth-order valence-corrected chi connectivity index (χ4v) is 1.76. The van der Waals surface area contributed by atoms with Crippen LogP contribution >= 0.6 is 0 Å². The maximum Gasteiger partial charge on any atom is 0.0701 e. The van der Waals surface area contributed by atoms with Crippen molar-refractivity contribution in [3.63, 3.8) is 0 Å². The van der Waals surface area contributed by atoms with Crippen molar-refractivity contribution in [1.29, 1.82) is 0 Å². The van der Waals surface area contributed by atoms with E-state index in [4.69, 9.17) is 35.2 Å². The molecule has 0 aromatic carbocycles. The van der Waals surface area contributed by atoms with Crippen LogP contribution in [0.3, 0.4) is 0 Å². The predicted octanol–water partition coefficient (Wildman–Crippen LogP) is 0.179. The van der Waals surface area contributed by atoms with Gasteiger partial charge in [0, 0.05) is 18.5 Å². The molecule has 0 aliphatic rings. The molecule has 0 atom stereocenters. The van der Waals surface area contributed by atoms with Gasteiger partial charge in [-0.25, -0.2) is 0 Å². The molecule has 0 saturated heterocycles. The number of hydrogen-bond donors (Lipinski definition) is 2. The lowest BCUT2D eigenvalue weighted by atomic mass is 9.94. The number of rotatable bonds is 18. The summed E-state index contributed by atoms with van der Waals surface area (Å²) in [6, 6.07) is 0. The standard InChI is InChI=1S/C16H34N2O5/c1-3-6-21-13-16(2,14-22-11-9-19-7-4-17)15-23-12-10-20-8-5-18/h3H,1,4-15,17-18H2,2H3. The van der Waals surface area contributed by atoms with Crippen molar-refractivity contribution in [2.24, 2.45) is 16.9 Å². The number of nitrogens with two attached hydrogens (primary N) is 2. The van der Waals surface area contributed by atoms with Gasteiger partial charge in [0.05, 0.1) is 66.1 Å². The van der Waals surface area contributed by atoms with E-state index in [-0.39, 0.29) is 5.41 Å². The van der Waals surface area contributed by atoms with Crippen LogP contribution < -0.4 is 11.5 Å². The van der Waals surface area contributed by atoms with Gasteiger partial charge in [0.25, 0.3) is 0 Å². The molecule has 0 heterocycles. The van der Waals surface area contributed by atoms with Crippen LogP contribution in [-0.4, -0.2) is 79.2 Å². The fraction of sp³-hybridized carbons (Fsp3) is 0.875. The van der Waals surface area contributed by atoms with Crippen molar-refractivity contribution in [2.75, 3.05) is 79.2 Å². The van der Waals surface area contributed by atoms with Crippen LogP contribution in [0.5, 0.6) is 0 Å². The summed E-state index contributed by atoms with van der Waals surface area (Å²) in [5.41, 5.74) is 10.5. The molecule has 0 aromatic heterocycles. The van der Waals surface area contributed by atoms with E-state index >= 15 is 0 Å². The molecule has 0 radical (unpaired) electrons. The van der Waals surface area contributed by atoms with Crippen LogP contribution in [0.2, 0.25) is 0 Å². The van der Waals surface area contributed by atoms with E-state index in [2.05, 4.69) is 13.5 Å². The summed E-state index contributed by atoms with van der Waals surface area (Å²) in [7, 11) is 0. The van der Waals surface area contributed by atoms with Crippen molar-refractivity contribution in [3.8, 4) is 0 Å². The summed E-state index contributed by atoms with van der Waals surface area (Å²) in [6.45, 7) is 12.1. The van der Waals surface area contributed by atoms with Gasteiger partial charge in [-0.2, -0.15) is 0 Å². The Morgan fingerprint density at radius 3 is 1.61 bits per heavy atom. The zero-order valence-corrected chi connectivity index (χ0v) is 14.5. The van der Waals surface area contributed by atoms with Crippen LogP contribution in [0.4, 0.5) is 0 Å². The Kier molecular flexibility index (Phi) is 15.9. The van der Waals surface area contributed by atoms with Gasteiger partial charge in [-0.1, -0.05) is 13.0 Å². The van der Waals surface area contributed by atoms with E-state index in [1.807, 2.05) is 0 Å². The molecule has 0 fully saturated rings. The van der Waals surface area contributed by atoms with Crippen molar-refractivity contribution < 1.29 is 23.7 Å². The Labute approximate surface area is 140 Å². The van der Waals surface area contributed by atoms with Crippen LogP contribution in [0.1, 0.15) is 6.92 Å². The first-order chi connectivity index (χ1) is 11.2. The molecule has 0 aromatic rings. The smallest absolute Gasteiger partial charge is 0.0701 e. The zero-order valence-electron chi connectivity index (χ0n) is 14.5. The molecule has 0 unspecified atom stereocenters. The minimum atomic E-state index is -0.231. The quantitative estimate of drug-likeness (QED) is 0.272. The van der Waals surface area contributed by atoms with E-state index in [0.29, 0.717) is 79.2 Å². The Morgan fingerprint density at radius 1 is 0.739 bits per heavy atom. The zero-order chi connectivity index (χ0) is 17.2. The molecular formula is C16H34N2O5. The molecule has 138 valence electrons. The van der Waals surface area contributed by atoms with Crippen LogP contribution in [-0.2, 0) is 23.7 Å². The SMILES string of the molecule is C=CCOCC(C)(COCCOCCN)COCCOCCN. The second-order valence-electron chi connectivity index (χ2n) is 5.52. The van der Waals surface area contributed by atoms with Gasteiger partial charge in [0.2, 0.25) is 0 Å². The predicted molar refractivity (Wildman–Crippen MR) is 90.5 cm³/mol. The lowest BCUT2D eigenvalue weighted by Gasteiger charge is -2.29. The normalized spacial score (nSPS) is 11.8. The van der Waals surface area contributed by atoms with Crippen LogP contribution in [0, 0.1) is 5.41 Å². The molecular weight excluding hydrogens is 300 g/mol. The molecule has 7 heteroatoms. The second-order valence-corrected chi connectivity index (χ2v) is 5.52. The molecule has 0 spiro atoms. The first-order valence-electron chi connectivity index (χ1n) is 8.08. The molecule has 0 amide bonds. The van der Waals surface area contributed by atoms with Gasteiger partial charge in [-0.05, 0) is 0 Å². The van der Waals surface area contributed by atoms with E-state index in [9.17, 15) is 0 Å². The Morgan fingerprint density at radius 2 is 1.17 bits per heavy atom. The van der Waals surface area contributed by atoms with Gasteiger partial charge in [-0.3, -0.25) is 0 Å². The third-order valence-electron chi connectivity index (χ3n) is 2.86. The number of hydrogen-bond acceptors (Lipinski definition) is 7. The Bertz CT molecular complexity index is 251. The minimum absolute atomic E-state index is 0.231. The molecule has 7 nitrogen and oxygen atoms in total. The molecule has 0 aliphatic heterocycles. The van der Waals surface area contributed by atoms with E-state index in [1.165, 1.54) is 0 Å². The largest absolute Gasteiger partial charge is 0.378 e. The fourth-order valence-electron chi connectivity index (χ4n) is 1.76. The monoisotopic (exact) mass is 334 g/mol. The Hall–Kier alpha value is -0.540. The topological polar surface area (TPSA) is 98.2 Å². The maximum absolute atomic E-state index is 5.67. The average Bonchev–Trinajstić information content (AvgIpc) is 2.54. The highest BCUT2D eigenvalue weighted by Crippen LogP contribution is 2.18. The van der Waals surface area contributed by atoms with Gasteiger partial charge in [0.15, 0.2) is 0 Å². The third kappa shape index (κ3) is 14.8. The highest BCUT2D eigenvalue weighted by molar-refractivity contribution is 4.75. The molecule has 0 aliphatic carbocycles. The highest BCUT2D eigenvalue weighted by atomic mass is 16.5. The summed E-state index contributed by atoms with van der Waals surface area (Å²) < 4.78 is 27.5. The minimum Gasteiger partial charge on any atom is -0.378 e. The highest BCUT2D eigenvalue weighted by Gasteiger charge is 2.25. The summed E-state index contributed by atoms with van der Waals surface area (Å²) in [5.74, 6) is 0. The summed E-state index contributed by atoms with van der Waals surface area (Å²) in [6.07, 6.45) is 1.73. The first-order valence-corrected chi connectivity index (χ1v) is 8.08. The van der Waals surface area contributed by atoms with Crippen molar-refractivity contribution >= 4 is 0 Å². The first kappa shape index (κ1) is 22.5. The maximum atomic E-state index is 5.67. The lowest BCUT2D eigenvalue weighted by Crippen LogP contribution is -2.35. The van der Waals surface area contributed by atoms with Crippen LogP contribution in [0.15, 0.2) is 12.7 Å². The van der Waals surface area contributed by atoms with E-state index < -0.39 is 0 Å². The van der Waals surface area contributed by atoms with Gasteiger partial charge in [0.1, 0.15) is 0 Å².